The zero-order valence-electron chi connectivity index (χ0n) is 14.5. The molecule has 3 heteroatoms. The SMILES string of the molecule is CCc1cccc2[nH]c3cnc(C(=O)c4ccccc4)c(CC)c3c12. The van der Waals surface area contributed by atoms with Gasteiger partial charge in [0.05, 0.1) is 11.7 Å². The summed E-state index contributed by atoms with van der Waals surface area (Å²) in [6.07, 6.45) is 3.52. The van der Waals surface area contributed by atoms with Gasteiger partial charge in [-0.15, -0.1) is 0 Å². The van der Waals surface area contributed by atoms with Crippen molar-refractivity contribution in [3.05, 3.63) is 77.1 Å². The van der Waals surface area contributed by atoms with E-state index in [0.717, 1.165) is 34.8 Å². The van der Waals surface area contributed by atoms with Gasteiger partial charge in [-0.1, -0.05) is 56.3 Å². The van der Waals surface area contributed by atoms with Crippen LogP contribution in [0, 0.1) is 0 Å². The van der Waals surface area contributed by atoms with Crippen molar-refractivity contribution in [2.45, 2.75) is 26.7 Å². The Morgan fingerprint density at radius 3 is 2.44 bits per heavy atom. The number of carbonyl (C=O) groups excluding carboxylic acids is 1. The van der Waals surface area contributed by atoms with Gasteiger partial charge >= 0.3 is 0 Å². The number of nitrogens with zero attached hydrogens (tertiary/aromatic N) is 1. The zero-order chi connectivity index (χ0) is 17.4. The van der Waals surface area contributed by atoms with Gasteiger partial charge in [0.25, 0.3) is 0 Å². The number of carbonyl (C=O) groups is 1. The first-order chi connectivity index (χ1) is 12.2. The summed E-state index contributed by atoms with van der Waals surface area (Å²) in [6.45, 7) is 4.25. The van der Waals surface area contributed by atoms with Crippen LogP contribution in [0.3, 0.4) is 0 Å². The van der Waals surface area contributed by atoms with E-state index in [0.29, 0.717) is 11.3 Å². The van der Waals surface area contributed by atoms with E-state index in [1.807, 2.05) is 30.3 Å². The molecule has 3 nitrogen and oxygen atoms in total. The second-order valence-electron chi connectivity index (χ2n) is 6.24. The molecule has 0 unspecified atom stereocenters. The van der Waals surface area contributed by atoms with Crippen molar-refractivity contribution in [1.82, 2.24) is 9.97 Å². The number of rotatable bonds is 4. The van der Waals surface area contributed by atoms with E-state index >= 15 is 0 Å². The lowest BCUT2D eigenvalue weighted by Gasteiger charge is -2.09. The lowest BCUT2D eigenvalue weighted by atomic mass is 9.96. The summed E-state index contributed by atoms with van der Waals surface area (Å²) < 4.78 is 0. The molecule has 0 aliphatic rings. The molecule has 0 aliphatic heterocycles. The van der Waals surface area contributed by atoms with Gasteiger partial charge in [-0.05, 0) is 30.0 Å². The van der Waals surface area contributed by atoms with Gasteiger partial charge in [0.2, 0.25) is 5.78 Å². The van der Waals surface area contributed by atoms with Crippen LogP contribution >= 0.6 is 0 Å². The second-order valence-corrected chi connectivity index (χ2v) is 6.24. The van der Waals surface area contributed by atoms with Crippen LogP contribution in [-0.2, 0) is 12.8 Å². The van der Waals surface area contributed by atoms with Gasteiger partial charge in [-0.3, -0.25) is 9.78 Å². The number of aryl methyl sites for hydroxylation is 2. The molecule has 4 rings (SSSR count). The maximum Gasteiger partial charge on any atom is 0.211 e. The predicted octanol–water partition coefficient (Wildman–Crippen LogP) is 5.07. The maximum atomic E-state index is 13.0. The third kappa shape index (κ3) is 2.43. The molecule has 0 fully saturated rings. The third-order valence-electron chi connectivity index (χ3n) is 4.84. The van der Waals surface area contributed by atoms with Crippen LogP contribution in [0.4, 0.5) is 0 Å². The largest absolute Gasteiger partial charge is 0.353 e. The van der Waals surface area contributed by atoms with Gasteiger partial charge in [0.15, 0.2) is 0 Å². The molecule has 4 aromatic rings. The summed E-state index contributed by atoms with van der Waals surface area (Å²) in [5.41, 5.74) is 5.67. The van der Waals surface area contributed by atoms with E-state index in [4.69, 9.17) is 0 Å². The molecule has 0 bridgehead atoms. The first kappa shape index (κ1) is 15.6. The highest BCUT2D eigenvalue weighted by molar-refractivity contribution is 6.16. The van der Waals surface area contributed by atoms with E-state index < -0.39 is 0 Å². The number of hydrogen-bond acceptors (Lipinski definition) is 2. The first-order valence-electron chi connectivity index (χ1n) is 8.75. The van der Waals surface area contributed by atoms with Crippen LogP contribution in [0.5, 0.6) is 0 Å². The number of H-pyrrole nitrogens is 1. The van der Waals surface area contributed by atoms with Crippen molar-refractivity contribution in [1.29, 1.82) is 0 Å². The molecule has 0 saturated heterocycles. The van der Waals surface area contributed by atoms with E-state index in [2.05, 4.69) is 42.0 Å². The Kier molecular flexibility index (Phi) is 3.85. The lowest BCUT2D eigenvalue weighted by molar-refractivity contribution is 0.103. The zero-order valence-corrected chi connectivity index (χ0v) is 14.5. The molecule has 124 valence electrons. The van der Waals surface area contributed by atoms with E-state index in [-0.39, 0.29) is 5.78 Å². The van der Waals surface area contributed by atoms with Gasteiger partial charge < -0.3 is 4.98 Å². The molecular formula is C22H20N2O. The van der Waals surface area contributed by atoms with Crippen LogP contribution in [-0.4, -0.2) is 15.8 Å². The molecule has 25 heavy (non-hydrogen) atoms. The molecule has 0 amide bonds. The minimum atomic E-state index is -0.0114. The summed E-state index contributed by atoms with van der Waals surface area (Å²) in [4.78, 5) is 21.0. The number of ketones is 1. The molecule has 0 radical (unpaired) electrons. The highest BCUT2D eigenvalue weighted by atomic mass is 16.1. The van der Waals surface area contributed by atoms with Crippen molar-refractivity contribution >= 4 is 27.6 Å². The summed E-state index contributed by atoms with van der Waals surface area (Å²) in [5, 5.41) is 2.37. The molecule has 2 heterocycles. The topological polar surface area (TPSA) is 45.8 Å². The Labute approximate surface area is 146 Å². The molecular weight excluding hydrogens is 308 g/mol. The van der Waals surface area contributed by atoms with Crippen molar-refractivity contribution in [3.63, 3.8) is 0 Å². The fourth-order valence-electron chi connectivity index (χ4n) is 3.64. The quantitative estimate of drug-likeness (QED) is 0.531. The van der Waals surface area contributed by atoms with Crippen molar-refractivity contribution in [2.75, 3.05) is 0 Å². The number of aromatic nitrogens is 2. The number of nitrogens with one attached hydrogen (secondary N) is 1. The molecule has 1 N–H and O–H groups in total. The number of fused-ring (bicyclic) bond motifs is 3. The normalized spacial score (nSPS) is 11.3. The molecule has 2 aromatic carbocycles. The fraction of sp³-hybridized carbons (Fsp3) is 0.182. The Bertz CT molecular complexity index is 1080. The third-order valence-corrected chi connectivity index (χ3v) is 4.84. The van der Waals surface area contributed by atoms with E-state index in [9.17, 15) is 4.79 Å². The molecule has 2 aromatic heterocycles. The minimum Gasteiger partial charge on any atom is -0.353 e. The van der Waals surface area contributed by atoms with Crippen LogP contribution in [0.15, 0.2) is 54.7 Å². The summed E-state index contributed by atoms with van der Waals surface area (Å²) >= 11 is 0. The van der Waals surface area contributed by atoms with Gasteiger partial charge in [0.1, 0.15) is 5.69 Å². The highest BCUT2D eigenvalue weighted by Gasteiger charge is 2.20. The van der Waals surface area contributed by atoms with Gasteiger partial charge in [-0.2, -0.15) is 0 Å². The highest BCUT2D eigenvalue weighted by Crippen LogP contribution is 2.33. The molecule has 0 atom stereocenters. The van der Waals surface area contributed by atoms with Crippen LogP contribution in [0.25, 0.3) is 21.8 Å². The van der Waals surface area contributed by atoms with E-state index in [1.54, 1.807) is 6.20 Å². The molecule has 0 saturated carbocycles. The van der Waals surface area contributed by atoms with Gasteiger partial charge in [-0.25, -0.2) is 0 Å². The second kappa shape index (κ2) is 6.17. The predicted molar refractivity (Wildman–Crippen MR) is 102 cm³/mol. The molecule has 0 aliphatic carbocycles. The number of pyridine rings is 1. The average molecular weight is 328 g/mol. The van der Waals surface area contributed by atoms with Crippen molar-refractivity contribution in [3.8, 4) is 0 Å². The minimum absolute atomic E-state index is 0.0114. The summed E-state index contributed by atoms with van der Waals surface area (Å²) in [6, 6.07) is 15.7. The Balaban J connectivity index is 2.04. The van der Waals surface area contributed by atoms with E-state index in [1.165, 1.54) is 10.9 Å². The smallest absolute Gasteiger partial charge is 0.211 e. The molecule has 0 spiro atoms. The van der Waals surface area contributed by atoms with Crippen molar-refractivity contribution < 1.29 is 4.79 Å². The summed E-state index contributed by atoms with van der Waals surface area (Å²) in [5.74, 6) is -0.0114. The number of benzene rings is 2. The Morgan fingerprint density at radius 1 is 0.920 bits per heavy atom. The van der Waals surface area contributed by atoms with Crippen LogP contribution in [0.2, 0.25) is 0 Å². The Hall–Kier alpha value is -2.94. The first-order valence-corrected chi connectivity index (χ1v) is 8.75. The van der Waals surface area contributed by atoms with Crippen LogP contribution in [0.1, 0.15) is 41.0 Å². The van der Waals surface area contributed by atoms with Gasteiger partial charge in [0, 0.05) is 21.9 Å². The fourth-order valence-corrected chi connectivity index (χ4v) is 3.64. The van der Waals surface area contributed by atoms with Crippen molar-refractivity contribution in [2.24, 2.45) is 0 Å². The number of hydrogen-bond donors (Lipinski definition) is 1. The monoisotopic (exact) mass is 328 g/mol. The maximum absolute atomic E-state index is 13.0. The standard InChI is InChI=1S/C22H20N2O/c1-3-14-11-8-12-17-19(14)20-16(4-2)21(23-13-18(20)24-17)22(25)15-9-6-5-7-10-15/h5-13,24H,3-4H2,1-2H3. The lowest BCUT2D eigenvalue weighted by Crippen LogP contribution is -2.08. The van der Waals surface area contributed by atoms with Crippen LogP contribution < -0.4 is 0 Å². The Morgan fingerprint density at radius 2 is 1.72 bits per heavy atom. The summed E-state index contributed by atoms with van der Waals surface area (Å²) in [7, 11) is 0. The average Bonchev–Trinajstić information content (AvgIpc) is 3.06. The number of aromatic amines is 1.